The second-order valence-corrected chi connectivity index (χ2v) is 5.38. The second kappa shape index (κ2) is 4.37. The van der Waals surface area contributed by atoms with E-state index in [4.69, 9.17) is 10.7 Å². The first-order valence-corrected chi connectivity index (χ1v) is 6.14. The van der Waals surface area contributed by atoms with Crippen molar-refractivity contribution < 1.29 is 30.4 Å². The van der Waals surface area contributed by atoms with Gasteiger partial charge in [0.25, 0.3) is 15.5 Å². The number of hydrogen-bond donors (Lipinski definition) is 0. The molecule has 0 aliphatic heterocycles. The second-order valence-electron chi connectivity index (χ2n) is 2.84. The van der Waals surface area contributed by atoms with Crippen molar-refractivity contribution in [2.24, 2.45) is 0 Å². The molecule has 0 aromatic carbocycles. The summed E-state index contributed by atoms with van der Waals surface area (Å²) in [5.41, 5.74) is -2.95. The van der Waals surface area contributed by atoms with E-state index in [1.807, 2.05) is 0 Å². The van der Waals surface area contributed by atoms with Crippen LogP contribution < -0.4 is 0 Å². The summed E-state index contributed by atoms with van der Waals surface area (Å²) in [4.78, 5) is 1.60. The van der Waals surface area contributed by atoms with E-state index in [2.05, 4.69) is 4.98 Å². The molecule has 96 valence electrons. The average Bonchev–Trinajstić information content (AvgIpc) is 2.14. The van der Waals surface area contributed by atoms with Crippen molar-refractivity contribution in [3.8, 4) is 0 Å². The van der Waals surface area contributed by atoms with E-state index >= 15 is 0 Å². The third kappa shape index (κ3) is 3.25. The van der Waals surface area contributed by atoms with Gasteiger partial charge in [-0.15, -0.1) is 0 Å². The Bertz CT molecular complexity index is 528. The Morgan fingerprint density at radius 3 is 2.18 bits per heavy atom. The van der Waals surface area contributed by atoms with Crippen LogP contribution in [0.3, 0.4) is 0 Å². The maximum absolute atomic E-state index is 12.4. The molecule has 0 N–H and O–H groups in total. The Morgan fingerprint density at radius 2 is 1.82 bits per heavy atom. The molecule has 0 spiro atoms. The van der Waals surface area contributed by atoms with Gasteiger partial charge in [0.15, 0.2) is 0 Å². The number of nitrogens with zero attached hydrogens (tertiary/aromatic N) is 1. The Labute approximate surface area is 96.6 Å². The van der Waals surface area contributed by atoms with Crippen LogP contribution in [-0.2, 0) is 15.2 Å². The van der Waals surface area contributed by atoms with Crippen molar-refractivity contribution in [2.45, 2.75) is 17.5 Å². The number of rotatable bonds is 2. The highest BCUT2D eigenvalue weighted by atomic mass is 35.7. The van der Waals surface area contributed by atoms with Crippen LogP contribution in [0.5, 0.6) is 0 Å². The highest BCUT2D eigenvalue weighted by Gasteiger charge is 2.35. The van der Waals surface area contributed by atoms with Crippen LogP contribution >= 0.6 is 10.7 Å². The van der Waals surface area contributed by atoms with Crippen LogP contribution in [0, 0.1) is 0 Å². The standard InChI is InChI=1S/C7H3ClF5NO2S/c8-17(15,16)4-2-14-5(7(11,12)13)1-3(4)6(9)10/h1-2,6H. The van der Waals surface area contributed by atoms with E-state index in [-0.39, 0.29) is 12.3 Å². The van der Waals surface area contributed by atoms with Crippen LogP contribution in [0.15, 0.2) is 17.2 Å². The predicted octanol–water partition coefficient (Wildman–Crippen LogP) is 2.97. The zero-order valence-corrected chi connectivity index (χ0v) is 9.24. The maximum Gasteiger partial charge on any atom is 0.433 e. The van der Waals surface area contributed by atoms with Crippen molar-refractivity contribution >= 4 is 19.7 Å². The van der Waals surface area contributed by atoms with E-state index in [9.17, 15) is 30.4 Å². The predicted molar refractivity (Wildman–Crippen MR) is 47.2 cm³/mol. The molecule has 0 fully saturated rings. The van der Waals surface area contributed by atoms with Crippen molar-refractivity contribution in [1.29, 1.82) is 0 Å². The summed E-state index contributed by atoms with van der Waals surface area (Å²) in [5, 5.41) is 0. The topological polar surface area (TPSA) is 47.0 Å². The monoisotopic (exact) mass is 295 g/mol. The van der Waals surface area contributed by atoms with E-state index in [0.29, 0.717) is 0 Å². The van der Waals surface area contributed by atoms with Gasteiger partial charge < -0.3 is 0 Å². The van der Waals surface area contributed by atoms with Crippen LogP contribution in [0.2, 0.25) is 0 Å². The van der Waals surface area contributed by atoms with Gasteiger partial charge in [-0.25, -0.2) is 17.2 Å². The zero-order valence-electron chi connectivity index (χ0n) is 7.67. The van der Waals surface area contributed by atoms with Gasteiger partial charge in [-0.2, -0.15) is 13.2 Å². The molecule has 17 heavy (non-hydrogen) atoms. The van der Waals surface area contributed by atoms with E-state index in [0.717, 1.165) is 0 Å². The number of halogens is 6. The van der Waals surface area contributed by atoms with Crippen LogP contribution in [-0.4, -0.2) is 13.4 Å². The normalized spacial score (nSPS) is 13.1. The lowest BCUT2D eigenvalue weighted by atomic mass is 10.2. The van der Waals surface area contributed by atoms with Gasteiger partial charge in [-0.3, -0.25) is 4.98 Å². The number of aromatic nitrogens is 1. The maximum atomic E-state index is 12.4. The van der Waals surface area contributed by atoms with Crippen molar-refractivity contribution in [3.63, 3.8) is 0 Å². The first kappa shape index (κ1) is 14.1. The Morgan fingerprint density at radius 1 is 1.29 bits per heavy atom. The first-order chi connectivity index (χ1) is 7.53. The zero-order chi connectivity index (χ0) is 13.4. The third-order valence-electron chi connectivity index (χ3n) is 1.69. The summed E-state index contributed by atoms with van der Waals surface area (Å²) < 4.78 is 83.0. The summed E-state index contributed by atoms with van der Waals surface area (Å²) in [7, 11) is 0.214. The molecule has 1 heterocycles. The molecule has 1 aromatic heterocycles. The average molecular weight is 296 g/mol. The molecule has 1 rings (SSSR count). The number of hydrogen-bond acceptors (Lipinski definition) is 3. The van der Waals surface area contributed by atoms with Gasteiger partial charge in [0, 0.05) is 22.4 Å². The molecule has 0 bridgehead atoms. The van der Waals surface area contributed by atoms with Gasteiger partial charge in [-0.05, 0) is 6.07 Å². The van der Waals surface area contributed by atoms with Crippen molar-refractivity contribution in [3.05, 3.63) is 23.5 Å². The molecule has 10 heteroatoms. The molecule has 0 aliphatic rings. The number of pyridine rings is 1. The van der Waals surface area contributed by atoms with Crippen LogP contribution in [0.25, 0.3) is 0 Å². The minimum atomic E-state index is -4.95. The fourth-order valence-corrected chi connectivity index (χ4v) is 1.98. The summed E-state index contributed by atoms with van der Waals surface area (Å²) in [6, 6.07) is -0.0417. The molecule has 3 nitrogen and oxygen atoms in total. The Balaban J connectivity index is 3.49. The fraction of sp³-hybridized carbons (Fsp3) is 0.286. The molecule has 0 amide bonds. The molecule has 0 atom stereocenters. The smallest absolute Gasteiger partial charge is 0.250 e. The number of alkyl halides is 5. The lowest BCUT2D eigenvalue weighted by Gasteiger charge is -2.10. The molecule has 0 aliphatic carbocycles. The van der Waals surface area contributed by atoms with E-state index < -0.39 is 37.8 Å². The van der Waals surface area contributed by atoms with Gasteiger partial charge in [0.2, 0.25) is 0 Å². The summed E-state index contributed by atoms with van der Waals surface area (Å²) in [6.07, 6.45) is -8.20. The minimum Gasteiger partial charge on any atom is -0.250 e. The van der Waals surface area contributed by atoms with Crippen molar-refractivity contribution in [1.82, 2.24) is 4.98 Å². The van der Waals surface area contributed by atoms with Crippen LogP contribution in [0.1, 0.15) is 17.7 Å². The summed E-state index contributed by atoms with van der Waals surface area (Å²) in [6.45, 7) is 0. The molecular formula is C7H3ClF5NO2S. The molecule has 0 radical (unpaired) electrons. The Kier molecular flexibility index (Phi) is 3.63. The van der Waals surface area contributed by atoms with E-state index in [1.165, 1.54) is 0 Å². The lowest BCUT2D eigenvalue weighted by molar-refractivity contribution is -0.141. The molecule has 0 unspecified atom stereocenters. The van der Waals surface area contributed by atoms with E-state index in [1.54, 1.807) is 0 Å². The highest BCUT2D eigenvalue weighted by Crippen LogP contribution is 2.34. The fourth-order valence-electron chi connectivity index (χ4n) is 0.988. The SMILES string of the molecule is O=S(=O)(Cl)c1cnc(C(F)(F)F)cc1C(F)F. The summed E-state index contributed by atoms with van der Waals surface area (Å²) in [5.74, 6) is 0. The highest BCUT2D eigenvalue weighted by molar-refractivity contribution is 8.13. The molecule has 1 aromatic rings. The molecule has 0 saturated carbocycles. The minimum absolute atomic E-state index is 0.0417. The molecule has 0 saturated heterocycles. The quantitative estimate of drug-likeness (QED) is 0.622. The van der Waals surface area contributed by atoms with Gasteiger partial charge >= 0.3 is 6.18 Å². The first-order valence-electron chi connectivity index (χ1n) is 3.83. The van der Waals surface area contributed by atoms with Crippen LogP contribution in [0.4, 0.5) is 22.0 Å². The van der Waals surface area contributed by atoms with Gasteiger partial charge in [0.05, 0.1) is 0 Å². The van der Waals surface area contributed by atoms with Gasteiger partial charge in [0.1, 0.15) is 10.6 Å². The third-order valence-corrected chi connectivity index (χ3v) is 3.05. The summed E-state index contributed by atoms with van der Waals surface area (Å²) >= 11 is 0. The largest absolute Gasteiger partial charge is 0.433 e. The lowest BCUT2D eigenvalue weighted by Crippen LogP contribution is -2.11. The Hall–Kier alpha value is -0.960. The van der Waals surface area contributed by atoms with Gasteiger partial charge in [-0.1, -0.05) is 0 Å². The van der Waals surface area contributed by atoms with Crippen molar-refractivity contribution in [2.75, 3.05) is 0 Å². The molecular weight excluding hydrogens is 293 g/mol.